The van der Waals surface area contributed by atoms with Crippen molar-refractivity contribution in [3.63, 3.8) is 0 Å². The summed E-state index contributed by atoms with van der Waals surface area (Å²) in [6.07, 6.45) is 9.29. The molecule has 0 spiro atoms. The van der Waals surface area contributed by atoms with E-state index in [9.17, 15) is 43.2 Å². The van der Waals surface area contributed by atoms with E-state index in [1.54, 1.807) is 12.4 Å². The SMILES string of the molecule is CCCCC(=O)NCCOCCOCCOCC(=O)NC1Cc2cn(nn2)CCCCC(C(N)=O)NC(=O)C(Cc2c[nH]c3ccccc23)NC(=O)C(CC(C)C)NC(=O)C(CC(C)C)NC(=O)C(C)NC(=O)C(Cc2cnc[nH]2)NC1=O. The maximum atomic E-state index is 14.4. The molecular weight excluding hydrogens is 1070 g/mol. The number of imidazole rings is 1. The average molecular weight is 1160 g/mol. The molecule has 0 fully saturated rings. The van der Waals surface area contributed by atoms with Gasteiger partial charge < -0.3 is 72.4 Å². The van der Waals surface area contributed by atoms with E-state index in [4.69, 9.17) is 19.9 Å². The van der Waals surface area contributed by atoms with E-state index in [2.05, 4.69) is 67.8 Å². The van der Waals surface area contributed by atoms with Crippen molar-refractivity contribution >= 4 is 64.1 Å². The number of nitrogens with one attached hydrogen (secondary N) is 10. The third-order valence-electron chi connectivity index (χ3n) is 13.5. The molecule has 4 heterocycles. The van der Waals surface area contributed by atoms with Crippen molar-refractivity contribution in [3.05, 3.63) is 66.1 Å². The monoisotopic (exact) mass is 1160 g/mol. The molecule has 5 rings (SSSR count). The fourth-order valence-corrected chi connectivity index (χ4v) is 9.12. The van der Waals surface area contributed by atoms with Gasteiger partial charge in [0, 0.05) is 74.0 Å². The zero-order valence-corrected chi connectivity index (χ0v) is 48.5. The Labute approximate surface area is 483 Å². The number of primary amides is 1. The summed E-state index contributed by atoms with van der Waals surface area (Å²) in [6, 6.07) is -1.27. The lowest BCUT2D eigenvalue weighted by Crippen LogP contribution is -2.60. The maximum absolute atomic E-state index is 14.4. The summed E-state index contributed by atoms with van der Waals surface area (Å²) in [5.74, 6) is -6.14. The Balaban J connectivity index is 1.36. The third kappa shape index (κ3) is 23.2. The van der Waals surface area contributed by atoms with Gasteiger partial charge in [-0.05, 0) is 68.9 Å². The summed E-state index contributed by atoms with van der Waals surface area (Å²) in [7, 11) is 0. The number of aromatic amines is 2. The molecule has 83 heavy (non-hydrogen) atoms. The van der Waals surface area contributed by atoms with E-state index in [1.165, 1.54) is 24.1 Å². The van der Waals surface area contributed by atoms with Gasteiger partial charge in [0.2, 0.25) is 53.2 Å². The normalized spacial score (nSPS) is 21.3. The number of unbranched alkanes of at least 4 members (excludes halogenated alkanes) is 1. The molecule has 3 aromatic heterocycles. The first kappa shape index (κ1) is 66.0. The van der Waals surface area contributed by atoms with Crippen LogP contribution in [0.3, 0.4) is 0 Å². The minimum Gasteiger partial charge on any atom is -0.377 e. The molecule has 0 saturated carbocycles. The highest BCUT2D eigenvalue weighted by atomic mass is 16.5. The Morgan fingerprint density at radius 3 is 2.04 bits per heavy atom. The number of H-pyrrole nitrogens is 2. The van der Waals surface area contributed by atoms with Crippen molar-refractivity contribution in [2.24, 2.45) is 17.6 Å². The fraction of sp³-hybridized carbons (Fsp3) is 0.607. The van der Waals surface area contributed by atoms with Gasteiger partial charge in [-0.1, -0.05) is 64.5 Å². The standard InChI is InChI=1S/C56H85N15O12/c1-7-8-16-48(72)59-17-19-81-20-21-82-22-23-83-32-49(73)63-46-28-39-31-71(70-69-39)18-12-11-15-42(50(57)74)64-55(79)45(26-37-29-60-41-14-10-9-13-40(37)41)67-54(78)44(25-35(4)5)66-53(77)43(24-34(2)3)65-51(75)36(6)62-52(76)47(68-56(46)80)27-38-30-58-33-61-38/h9-10,13-14,29-31,33-36,42-47,60H,7-8,11-12,15-28,32H2,1-6H3,(H2,57,74)(H,58,61)(H,59,72)(H,62,76)(H,63,73)(H,64,79)(H,65,75)(H,66,77)(H,67,78)(H,68,80). The maximum Gasteiger partial charge on any atom is 0.246 e. The Morgan fingerprint density at radius 1 is 0.735 bits per heavy atom. The van der Waals surface area contributed by atoms with Gasteiger partial charge in [-0.2, -0.15) is 0 Å². The molecule has 4 aromatic rings. The van der Waals surface area contributed by atoms with Gasteiger partial charge in [-0.25, -0.2) is 4.98 Å². The number of aryl methyl sites for hydroxylation is 1. The summed E-state index contributed by atoms with van der Waals surface area (Å²) in [4.78, 5) is 134. The van der Waals surface area contributed by atoms with E-state index in [0.29, 0.717) is 49.4 Å². The number of ether oxygens (including phenoxy) is 3. The van der Waals surface area contributed by atoms with Gasteiger partial charge >= 0.3 is 0 Å². The molecule has 456 valence electrons. The number of carbonyl (C=O) groups is 9. The van der Waals surface area contributed by atoms with Gasteiger partial charge in [0.25, 0.3) is 0 Å². The molecule has 0 aliphatic carbocycles. The van der Waals surface area contributed by atoms with E-state index < -0.39 is 96.2 Å². The number of carbonyl (C=O) groups excluding carboxylic acids is 9. The number of nitrogens with zero attached hydrogens (tertiary/aromatic N) is 4. The van der Waals surface area contributed by atoms with E-state index in [-0.39, 0.29) is 89.2 Å². The second kappa shape index (κ2) is 34.6. The molecule has 7 unspecified atom stereocenters. The van der Waals surface area contributed by atoms with Crippen molar-refractivity contribution in [3.8, 4) is 0 Å². The molecule has 9 amide bonds. The number of hydrogen-bond acceptors (Lipinski definition) is 15. The number of hydrogen-bond donors (Lipinski definition) is 11. The second-order valence-electron chi connectivity index (χ2n) is 21.6. The van der Waals surface area contributed by atoms with Crippen LogP contribution in [-0.2, 0) is 83.2 Å². The van der Waals surface area contributed by atoms with Crippen LogP contribution in [0.1, 0.15) is 110 Å². The minimum atomic E-state index is -1.34. The Hall–Kier alpha value is -7.78. The molecule has 1 aliphatic rings. The second-order valence-corrected chi connectivity index (χ2v) is 21.6. The quantitative estimate of drug-likeness (QED) is 0.0413. The lowest BCUT2D eigenvalue weighted by atomic mass is 9.98. The van der Waals surface area contributed by atoms with Gasteiger partial charge in [0.15, 0.2) is 0 Å². The lowest BCUT2D eigenvalue weighted by Gasteiger charge is -2.28. The highest BCUT2D eigenvalue weighted by molar-refractivity contribution is 5.98. The van der Waals surface area contributed by atoms with Crippen molar-refractivity contribution in [1.29, 1.82) is 0 Å². The Morgan fingerprint density at radius 2 is 1.36 bits per heavy atom. The van der Waals surface area contributed by atoms with Crippen LogP contribution in [0.4, 0.5) is 0 Å². The van der Waals surface area contributed by atoms with Crippen LogP contribution in [0.25, 0.3) is 10.9 Å². The summed E-state index contributed by atoms with van der Waals surface area (Å²) >= 11 is 0. The molecule has 7 atom stereocenters. The van der Waals surface area contributed by atoms with Crippen LogP contribution in [0.2, 0.25) is 0 Å². The van der Waals surface area contributed by atoms with Crippen LogP contribution in [0.5, 0.6) is 0 Å². The predicted molar refractivity (Wildman–Crippen MR) is 304 cm³/mol. The molecule has 27 nitrogen and oxygen atoms in total. The van der Waals surface area contributed by atoms with Gasteiger partial charge in [-0.3, -0.25) is 47.8 Å². The van der Waals surface area contributed by atoms with Crippen LogP contribution in [0.15, 0.2) is 49.2 Å². The first-order valence-electron chi connectivity index (χ1n) is 28.6. The Kier molecular flexibility index (Phi) is 27.5. The molecule has 0 saturated heterocycles. The summed E-state index contributed by atoms with van der Waals surface area (Å²) < 4.78 is 18.1. The van der Waals surface area contributed by atoms with E-state index >= 15 is 0 Å². The molecule has 1 aromatic carbocycles. The first-order chi connectivity index (χ1) is 39.8. The molecule has 1 aliphatic heterocycles. The van der Waals surface area contributed by atoms with Crippen LogP contribution in [0, 0.1) is 11.8 Å². The number of rotatable bonds is 24. The van der Waals surface area contributed by atoms with E-state index in [0.717, 1.165) is 23.7 Å². The van der Waals surface area contributed by atoms with Gasteiger partial charge in [0.1, 0.15) is 48.9 Å². The van der Waals surface area contributed by atoms with Gasteiger partial charge in [0.05, 0.1) is 45.1 Å². The summed E-state index contributed by atoms with van der Waals surface area (Å²) in [6.45, 7) is 12.1. The lowest BCUT2D eigenvalue weighted by molar-refractivity contribution is -0.136. The number of amides is 9. The molecular formula is C56H85N15O12. The van der Waals surface area contributed by atoms with Crippen LogP contribution < -0.4 is 48.3 Å². The third-order valence-corrected chi connectivity index (χ3v) is 13.5. The van der Waals surface area contributed by atoms with Crippen molar-refractivity contribution in [2.75, 3.05) is 46.2 Å². The molecule has 0 radical (unpaired) electrons. The minimum absolute atomic E-state index is 0.000880. The number of fused-ring (bicyclic) bond motifs is 3. The molecule has 27 heteroatoms. The highest BCUT2D eigenvalue weighted by Crippen LogP contribution is 2.20. The predicted octanol–water partition coefficient (Wildman–Crippen LogP) is 0.0415. The zero-order valence-electron chi connectivity index (χ0n) is 48.5. The van der Waals surface area contributed by atoms with Crippen LogP contribution in [-0.4, -0.2) is 172 Å². The summed E-state index contributed by atoms with van der Waals surface area (Å²) in [5.41, 5.74) is 8.11. The average Bonchev–Trinajstić information content (AvgIpc) is 4.30. The first-order valence-corrected chi connectivity index (χ1v) is 28.6. The number of para-hydroxylation sites is 1. The Bertz CT molecular complexity index is 2730. The smallest absolute Gasteiger partial charge is 0.246 e. The number of nitrogens with two attached hydrogens (primary N) is 1. The number of benzene rings is 1. The van der Waals surface area contributed by atoms with E-state index in [1.807, 2.05) is 58.9 Å². The van der Waals surface area contributed by atoms with Crippen LogP contribution >= 0.6 is 0 Å². The highest BCUT2D eigenvalue weighted by Gasteiger charge is 2.35. The molecule has 2 bridgehead atoms. The fourth-order valence-electron chi connectivity index (χ4n) is 9.12. The zero-order chi connectivity index (χ0) is 60.3. The largest absolute Gasteiger partial charge is 0.377 e. The van der Waals surface area contributed by atoms with Gasteiger partial charge in [-0.15, -0.1) is 5.10 Å². The van der Waals surface area contributed by atoms with Crippen molar-refractivity contribution < 1.29 is 57.4 Å². The van der Waals surface area contributed by atoms with Crippen molar-refractivity contribution in [1.82, 2.24) is 72.5 Å². The summed E-state index contributed by atoms with van der Waals surface area (Å²) in [5, 5.41) is 31.3. The topological polar surface area (TPSA) is 379 Å². The number of aromatic nitrogens is 6. The van der Waals surface area contributed by atoms with Crippen molar-refractivity contribution in [2.45, 2.75) is 161 Å². The molecule has 12 N–H and O–H groups in total.